The predicted molar refractivity (Wildman–Crippen MR) is 96.7 cm³/mol. The van der Waals surface area contributed by atoms with Crippen LogP contribution >= 0.6 is 11.8 Å². The van der Waals surface area contributed by atoms with E-state index in [4.69, 9.17) is 0 Å². The third-order valence-electron chi connectivity index (χ3n) is 3.40. The van der Waals surface area contributed by atoms with Gasteiger partial charge in [0, 0.05) is 5.56 Å². The molecule has 0 spiro atoms. The zero-order valence-electron chi connectivity index (χ0n) is 13.9. The molecule has 3 rings (SSSR count). The predicted octanol–water partition coefficient (Wildman–Crippen LogP) is 1.52. The second-order valence-corrected chi connectivity index (χ2v) is 6.31. The quantitative estimate of drug-likeness (QED) is 0.523. The van der Waals surface area contributed by atoms with Crippen LogP contribution in [0.4, 0.5) is 0 Å². The first-order valence-electron chi connectivity index (χ1n) is 7.76. The highest BCUT2D eigenvalue weighted by atomic mass is 32.2. The van der Waals surface area contributed by atoms with Crippen molar-refractivity contribution in [1.29, 1.82) is 0 Å². The zero-order valence-corrected chi connectivity index (χ0v) is 14.7. The van der Waals surface area contributed by atoms with E-state index in [0.717, 1.165) is 11.3 Å². The molecule has 0 radical (unpaired) electrons. The van der Waals surface area contributed by atoms with Crippen molar-refractivity contribution in [3.63, 3.8) is 0 Å². The van der Waals surface area contributed by atoms with Crippen molar-refractivity contribution in [2.45, 2.75) is 12.1 Å². The Morgan fingerprint density at radius 2 is 1.77 bits per heavy atom. The third kappa shape index (κ3) is 4.45. The Morgan fingerprint density at radius 3 is 2.50 bits per heavy atom. The first-order chi connectivity index (χ1) is 12.6. The summed E-state index contributed by atoms with van der Waals surface area (Å²) >= 11 is 1.17. The van der Waals surface area contributed by atoms with Crippen molar-refractivity contribution in [1.82, 2.24) is 31.1 Å². The molecule has 26 heavy (non-hydrogen) atoms. The molecule has 0 fully saturated rings. The molecule has 132 valence electrons. The van der Waals surface area contributed by atoms with Gasteiger partial charge in [-0.3, -0.25) is 20.4 Å². The Morgan fingerprint density at radius 1 is 1.04 bits per heavy atom. The summed E-state index contributed by atoms with van der Waals surface area (Å²) in [5, 5.41) is 12.0. The standard InChI is InChI=1S/C17H16N6O2S/c1-12-7-9-14(10-8-12)23-17(20-21-22-23)26-11-15(24)18-19-16(25)13-5-3-2-4-6-13/h2-10H,11H2,1H3,(H,18,24)(H,19,25). The van der Waals surface area contributed by atoms with Gasteiger partial charge in [-0.1, -0.05) is 47.7 Å². The monoisotopic (exact) mass is 368 g/mol. The van der Waals surface area contributed by atoms with Crippen molar-refractivity contribution < 1.29 is 9.59 Å². The molecule has 0 aliphatic heterocycles. The molecule has 8 nitrogen and oxygen atoms in total. The molecular formula is C17H16N6O2S. The molecule has 0 saturated carbocycles. The van der Waals surface area contributed by atoms with Gasteiger partial charge < -0.3 is 0 Å². The summed E-state index contributed by atoms with van der Waals surface area (Å²) < 4.78 is 1.56. The van der Waals surface area contributed by atoms with Gasteiger partial charge in [0.1, 0.15) is 0 Å². The molecule has 2 aromatic carbocycles. The van der Waals surface area contributed by atoms with E-state index < -0.39 is 0 Å². The van der Waals surface area contributed by atoms with Gasteiger partial charge in [-0.15, -0.1) is 5.10 Å². The summed E-state index contributed by atoms with van der Waals surface area (Å²) in [7, 11) is 0. The number of aryl methyl sites for hydroxylation is 1. The Labute approximate surface area is 154 Å². The summed E-state index contributed by atoms with van der Waals surface area (Å²) in [5.74, 6) is -0.687. The molecule has 0 atom stereocenters. The Hall–Kier alpha value is -3.20. The second-order valence-electron chi connectivity index (χ2n) is 5.37. The fourth-order valence-corrected chi connectivity index (χ4v) is 2.76. The third-order valence-corrected chi connectivity index (χ3v) is 4.32. The first kappa shape index (κ1) is 17.6. The first-order valence-corrected chi connectivity index (χ1v) is 8.74. The molecule has 9 heteroatoms. The Bertz CT molecular complexity index is 895. The highest BCUT2D eigenvalue weighted by molar-refractivity contribution is 7.99. The molecular weight excluding hydrogens is 352 g/mol. The molecule has 0 bridgehead atoms. The van der Waals surface area contributed by atoms with E-state index in [-0.39, 0.29) is 17.6 Å². The average Bonchev–Trinajstić information content (AvgIpc) is 3.14. The molecule has 0 saturated heterocycles. The van der Waals surface area contributed by atoms with Gasteiger partial charge in [-0.25, -0.2) is 0 Å². The SMILES string of the molecule is Cc1ccc(-n2nnnc2SCC(=O)NNC(=O)c2ccccc2)cc1. The van der Waals surface area contributed by atoms with Crippen LogP contribution in [0, 0.1) is 6.92 Å². The molecule has 1 heterocycles. The van der Waals surface area contributed by atoms with Crippen LogP contribution in [0.5, 0.6) is 0 Å². The number of hydrogen-bond donors (Lipinski definition) is 2. The van der Waals surface area contributed by atoms with E-state index in [1.54, 1.807) is 28.9 Å². The number of hydrogen-bond acceptors (Lipinski definition) is 6. The topological polar surface area (TPSA) is 102 Å². The van der Waals surface area contributed by atoms with Gasteiger partial charge >= 0.3 is 0 Å². The number of nitrogens with zero attached hydrogens (tertiary/aromatic N) is 4. The maximum absolute atomic E-state index is 11.9. The lowest BCUT2D eigenvalue weighted by molar-refractivity contribution is -0.119. The summed E-state index contributed by atoms with van der Waals surface area (Å²) in [4.78, 5) is 23.8. The minimum Gasteiger partial charge on any atom is -0.272 e. The number of nitrogens with one attached hydrogen (secondary N) is 2. The summed E-state index contributed by atoms with van der Waals surface area (Å²) in [6, 6.07) is 16.3. The van der Waals surface area contributed by atoms with E-state index in [2.05, 4.69) is 26.4 Å². The van der Waals surface area contributed by atoms with E-state index >= 15 is 0 Å². The minimum absolute atomic E-state index is 0.0568. The van der Waals surface area contributed by atoms with Gasteiger partial charge in [0.05, 0.1) is 11.4 Å². The summed E-state index contributed by atoms with van der Waals surface area (Å²) in [6.45, 7) is 1.99. The molecule has 1 aromatic heterocycles. The van der Waals surface area contributed by atoms with Crippen molar-refractivity contribution in [2.24, 2.45) is 0 Å². The van der Waals surface area contributed by atoms with E-state index in [1.807, 2.05) is 37.3 Å². The number of carbonyl (C=O) groups is 2. The number of rotatable bonds is 5. The number of amides is 2. The Balaban J connectivity index is 1.53. The van der Waals surface area contributed by atoms with E-state index in [9.17, 15) is 9.59 Å². The van der Waals surface area contributed by atoms with Gasteiger partial charge in [0.25, 0.3) is 5.91 Å². The minimum atomic E-state index is -0.381. The fourth-order valence-electron chi connectivity index (χ4n) is 2.07. The van der Waals surface area contributed by atoms with E-state index in [1.165, 1.54) is 11.8 Å². The normalized spacial score (nSPS) is 10.3. The highest BCUT2D eigenvalue weighted by Gasteiger charge is 2.12. The molecule has 2 amide bonds. The number of tetrazole rings is 1. The molecule has 2 N–H and O–H groups in total. The lowest BCUT2D eigenvalue weighted by atomic mass is 10.2. The number of carbonyl (C=O) groups excluding carboxylic acids is 2. The van der Waals surface area contributed by atoms with Crippen LogP contribution in [-0.2, 0) is 4.79 Å². The molecule has 3 aromatic rings. The van der Waals surface area contributed by atoms with Crippen molar-refractivity contribution in [3.05, 3.63) is 65.7 Å². The average molecular weight is 368 g/mol. The highest BCUT2D eigenvalue weighted by Crippen LogP contribution is 2.18. The van der Waals surface area contributed by atoms with Crippen LogP contribution in [0.2, 0.25) is 0 Å². The van der Waals surface area contributed by atoms with Gasteiger partial charge in [0.2, 0.25) is 11.1 Å². The summed E-state index contributed by atoms with van der Waals surface area (Å²) in [5.41, 5.74) is 7.14. The summed E-state index contributed by atoms with van der Waals surface area (Å²) in [6.07, 6.45) is 0. The molecule has 0 unspecified atom stereocenters. The van der Waals surface area contributed by atoms with Crippen LogP contribution in [0.25, 0.3) is 5.69 Å². The maximum Gasteiger partial charge on any atom is 0.269 e. The number of aromatic nitrogens is 4. The fraction of sp³-hybridized carbons (Fsp3) is 0.118. The van der Waals surface area contributed by atoms with Gasteiger partial charge in [0.15, 0.2) is 0 Å². The zero-order chi connectivity index (χ0) is 18.4. The van der Waals surface area contributed by atoms with Crippen LogP contribution in [0.3, 0.4) is 0 Å². The number of thioether (sulfide) groups is 1. The lowest BCUT2D eigenvalue weighted by Gasteiger charge is -2.07. The number of hydrazine groups is 1. The van der Waals surface area contributed by atoms with Crippen molar-refractivity contribution in [3.8, 4) is 5.69 Å². The Kier molecular flexibility index (Phi) is 5.59. The van der Waals surface area contributed by atoms with Crippen LogP contribution < -0.4 is 10.9 Å². The lowest BCUT2D eigenvalue weighted by Crippen LogP contribution is -2.42. The smallest absolute Gasteiger partial charge is 0.269 e. The largest absolute Gasteiger partial charge is 0.272 e. The van der Waals surface area contributed by atoms with Gasteiger partial charge in [-0.05, 0) is 41.6 Å². The number of benzene rings is 2. The van der Waals surface area contributed by atoms with Crippen LogP contribution in [0.1, 0.15) is 15.9 Å². The van der Waals surface area contributed by atoms with E-state index in [0.29, 0.717) is 10.7 Å². The van der Waals surface area contributed by atoms with Crippen LogP contribution in [0.15, 0.2) is 59.8 Å². The molecule has 0 aliphatic rings. The molecule has 0 aliphatic carbocycles. The van der Waals surface area contributed by atoms with Crippen molar-refractivity contribution >= 4 is 23.6 Å². The van der Waals surface area contributed by atoms with Crippen molar-refractivity contribution in [2.75, 3.05) is 5.75 Å². The second kappa shape index (κ2) is 8.26. The van der Waals surface area contributed by atoms with Crippen LogP contribution in [-0.4, -0.2) is 37.8 Å². The van der Waals surface area contributed by atoms with Gasteiger partial charge in [-0.2, -0.15) is 4.68 Å². The maximum atomic E-state index is 11.9.